The minimum absolute atomic E-state index is 0.532. The van der Waals surface area contributed by atoms with Crippen molar-refractivity contribution in [2.45, 2.75) is 26.7 Å². The molecule has 0 aliphatic carbocycles. The standard InChI is InChI=1S/C15H18N4O.C12H10/c1-3-11-6-5-7-12(4-2)14(11)19(15(16)20)13-8-17-10-18-9-13;1-3-7-11(8-4-1)12-9-5-2-6-10-12/h5-10H,3-4H2,1-2H3,(H2,16,20);1-10H. The van der Waals surface area contributed by atoms with Crippen molar-refractivity contribution in [3.63, 3.8) is 0 Å². The van der Waals surface area contributed by atoms with E-state index < -0.39 is 6.03 Å². The number of rotatable bonds is 5. The Morgan fingerprint density at radius 1 is 0.750 bits per heavy atom. The van der Waals surface area contributed by atoms with Gasteiger partial charge in [-0.3, -0.25) is 4.90 Å². The molecule has 2 amide bonds. The molecule has 3 aromatic carbocycles. The third-order valence-corrected chi connectivity index (χ3v) is 5.09. The Morgan fingerprint density at radius 3 is 1.62 bits per heavy atom. The van der Waals surface area contributed by atoms with Crippen molar-refractivity contribution in [3.05, 3.63) is 109 Å². The summed E-state index contributed by atoms with van der Waals surface area (Å²) in [5.41, 5.74) is 11.7. The zero-order valence-corrected chi connectivity index (χ0v) is 18.5. The van der Waals surface area contributed by atoms with Crippen LogP contribution in [0.25, 0.3) is 11.1 Å². The molecule has 4 rings (SSSR count). The van der Waals surface area contributed by atoms with Gasteiger partial charge in [0.2, 0.25) is 0 Å². The number of urea groups is 1. The number of amides is 2. The predicted octanol–water partition coefficient (Wildman–Crippen LogP) is 6.17. The van der Waals surface area contributed by atoms with Crippen molar-refractivity contribution in [1.29, 1.82) is 0 Å². The number of anilines is 2. The van der Waals surface area contributed by atoms with E-state index in [0.717, 1.165) is 29.7 Å². The van der Waals surface area contributed by atoms with Gasteiger partial charge in [-0.2, -0.15) is 0 Å². The van der Waals surface area contributed by atoms with Crippen LogP contribution >= 0.6 is 0 Å². The minimum atomic E-state index is -0.532. The van der Waals surface area contributed by atoms with E-state index in [0.29, 0.717) is 5.69 Å². The number of carbonyl (C=O) groups excluding carboxylic acids is 1. The Kier molecular flexibility index (Phi) is 8.09. The molecular weight excluding hydrogens is 396 g/mol. The number of carbonyl (C=O) groups is 1. The van der Waals surface area contributed by atoms with E-state index in [1.54, 1.807) is 12.4 Å². The van der Waals surface area contributed by atoms with Gasteiger partial charge in [0.05, 0.1) is 23.8 Å². The van der Waals surface area contributed by atoms with E-state index in [9.17, 15) is 4.79 Å². The summed E-state index contributed by atoms with van der Waals surface area (Å²) in [7, 11) is 0. The van der Waals surface area contributed by atoms with Gasteiger partial charge < -0.3 is 5.73 Å². The van der Waals surface area contributed by atoms with Crippen molar-refractivity contribution in [2.75, 3.05) is 4.90 Å². The lowest BCUT2D eigenvalue weighted by Crippen LogP contribution is -2.33. The number of aryl methyl sites for hydroxylation is 2. The van der Waals surface area contributed by atoms with Crippen LogP contribution in [-0.2, 0) is 12.8 Å². The highest BCUT2D eigenvalue weighted by Crippen LogP contribution is 2.32. The molecule has 0 saturated heterocycles. The molecule has 0 radical (unpaired) electrons. The van der Waals surface area contributed by atoms with Crippen LogP contribution in [0.3, 0.4) is 0 Å². The van der Waals surface area contributed by atoms with E-state index in [-0.39, 0.29) is 0 Å². The van der Waals surface area contributed by atoms with Crippen LogP contribution in [0, 0.1) is 0 Å². The highest BCUT2D eigenvalue weighted by Gasteiger charge is 2.21. The monoisotopic (exact) mass is 424 g/mol. The largest absolute Gasteiger partial charge is 0.351 e. The lowest BCUT2D eigenvalue weighted by atomic mass is 10.0. The molecule has 162 valence electrons. The van der Waals surface area contributed by atoms with Gasteiger partial charge in [0, 0.05) is 0 Å². The van der Waals surface area contributed by atoms with E-state index in [4.69, 9.17) is 5.73 Å². The molecule has 0 spiro atoms. The van der Waals surface area contributed by atoms with Gasteiger partial charge in [-0.25, -0.2) is 14.8 Å². The summed E-state index contributed by atoms with van der Waals surface area (Å²) in [6.07, 6.45) is 6.24. The SMILES string of the molecule is CCc1cccc(CC)c1N(C(N)=O)c1cncnc1.c1ccc(-c2ccccc2)cc1. The molecule has 0 saturated carbocycles. The number of hydrogen-bond acceptors (Lipinski definition) is 3. The van der Waals surface area contributed by atoms with Gasteiger partial charge in [-0.15, -0.1) is 0 Å². The van der Waals surface area contributed by atoms with Crippen molar-refractivity contribution in [1.82, 2.24) is 9.97 Å². The maximum Gasteiger partial charge on any atom is 0.324 e. The second-order valence-electron chi connectivity index (χ2n) is 7.13. The molecule has 2 N–H and O–H groups in total. The first kappa shape index (κ1) is 22.7. The molecule has 4 aromatic rings. The van der Waals surface area contributed by atoms with Gasteiger partial charge in [-0.05, 0) is 35.1 Å². The summed E-state index contributed by atoms with van der Waals surface area (Å²) < 4.78 is 0. The average molecular weight is 425 g/mol. The number of hydrogen-bond donors (Lipinski definition) is 1. The first-order chi connectivity index (χ1) is 15.7. The summed E-state index contributed by atoms with van der Waals surface area (Å²) in [6, 6.07) is 26.3. The van der Waals surface area contributed by atoms with Crippen molar-refractivity contribution < 1.29 is 4.79 Å². The predicted molar refractivity (Wildman–Crippen MR) is 131 cm³/mol. The third-order valence-electron chi connectivity index (χ3n) is 5.09. The van der Waals surface area contributed by atoms with E-state index in [1.807, 2.05) is 30.3 Å². The Balaban J connectivity index is 0.000000204. The fourth-order valence-electron chi connectivity index (χ4n) is 3.54. The van der Waals surface area contributed by atoms with Crippen molar-refractivity contribution >= 4 is 17.4 Å². The fraction of sp³-hybridized carbons (Fsp3) is 0.148. The van der Waals surface area contributed by atoms with Gasteiger partial charge in [0.15, 0.2) is 0 Å². The molecule has 32 heavy (non-hydrogen) atoms. The minimum Gasteiger partial charge on any atom is -0.351 e. The smallest absolute Gasteiger partial charge is 0.324 e. The number of nitrogens with two attached hydrogens (primary N) is 1. The molecule has 0 aliphatic rings. The van der Waals surface area contributed by atoms with Crippen LogP contribution < -0.4 is 10.6 Å². The van der Waals surface area contributed by atoms with Crippen molar-refractivity contribution in [2.24, 2.45) is 5.73 Å². The number of aromatic nitrogens is 2. The van der Waals surface area contributed by atoms with Crippen LogP contribution in [0.5, 0.6) is 0 Å². The molecule has 5 nitrogen and oxygen atoms in total. The topological polar surface area (TPSA) is 72.1 Å². The second kappa shape index (κ2) is 11.4. The Bertz CT molecular complexity index is 1060. The average Bonchev–Trinajstić information content (AvgIpc) is 2.86. The molecule has 0 bridgehead atoms. The Hall–Kier alpha value is -3.99. The summed E-state index contributed by atoms with van der Waals surface area (Å²) in [5, 5.41) is 0. The molecular formula is C27H28N4O. The van der Waals surface area contributed by atoms with Crippen LogP contribution in [0.4, 0.5) is 16.2 Å². The lowest BCUT2D eigenvalue weighted by Gasteiger charge is -2.25. The maximum absolute atomic E-state index is 11.9. The zero-order valence-electron chi connectivity index (χ0n) is 18.5. The van der Waals surface area contributed by atoms with E-state index in [2.05, 4.69) is 72.3 Å². The fourth-order valence-corrected chi connectivity index (χ4v) is 3.54. The maximum atomic E-state index is 11.9. The lowest BCUT2D eigenvalue weighted by molar-refractivity contribution is 0.256. The van der Waals surface area contributed by atoms with Gasteiger partial charge in [-0.1, -0.05) is 92.7 Å². The summed E-state index contributed by atoms with van der Waals surface area (Å²) in [5.74, 6) is 0. The molecule has 1 heterocycles. The molecule has 5 heteroatoms. The highest BCUT2D eigenvalue weighted by molar-refractivity contribution is 5.99. The van der Waals surface area contributed by atoms with Crippen LogP contribution in [-0.4, -0.2) is 16.0 Å². The summed E-state index contributed by atoms with van der Waals surface area (Å²) in [4.78, 5) is 21.3. The van der Waals surface area contributed by atoms with E-state index >= 15 is 0 Å². The Labute approximate surface area is 189 Å². The highest BCUT2D eigenvalue weighted by atomic mass is 16.2. The molecule has 0 aliphatic heterocycles. The Morgan fingerprint density at radius 2 is 1.22 bits per heavy atom. The third kappa shape index (κ3) is 5.58. The van der Waals surface area contributed by atoms with Crippen LogP contribution in [0.1, 0.15) is 25.0 Å². The number of primary amides is 1. The quantitative estimate of drug-likeness (QED) is 0.416. The normalized spacial score (nSPS) is 10.1. The number of nitrogens with zero attached hydrogens (tertiary/aromatic N) is 3. The van der Waals surface area contributed by atoms with Gasteiger partial charge in [0.1, 0.15) is 6.33 Å². The van der Waals surface area contributed by atoms with Gasteiger partial charge in [0.25, 0.3) is 0 Å². The number of para-hydroxylation sites is 1. The van der Waals surface area contributed by atoms with Gasteiger partial charge >= 0.3 is 6.03 Å². The summed E-state index contributed by atoms with van der Waals surface area (Å²) >= 11 is 0. The first-order valence-electron chi connectivity index (χ1n) is 10.7. The van der Waals surface area contributed by atoms with Crippen molar-refractivity contribution in [3.8, 4) is 11.1 Å². The van der Waals surface area contributed by atoms with E-state index in [1.165, 1.54) is 22.4 Å². The first-order valence-corrected chi connectivity index (χ1v) is 10.7. The molecule has 0 atom stereocenters. The number of benzene rings is 3. The van der Waals surface area contributed by atoms with Crippen LogP contribution in [0.15, 0.2) is 97.6 Å². The molecule has 0 fully saturated rings. The second-order valence-corrected chi connectivity index (χ2v) is 7.13. The molecule has 1 aromatic heterocycles. The molecule has 0 unspecified atom stereocenters. The summed E-state index contributed by atoms with van der Waals surface area (Å²) in [6.45, 7) is 4.11. The zero-order chi connectivity index (χ0) is 22.8. The van der Waals surface area contributed by atoms with Crippen LogP contribution in [0.2, 0.25) is 0 Å².